The molecule has 33 heavy (non-hydrogen) atoms. The van der Waals surface area contributed by atoms with Crippen LogP contribution in [-0.2, 0) is 18.3 Å². The third-order valence-corrected chi connectivity index (χ3v) is 5.55. The number of benzene rings is 3. The molecule has 0 N–H and O–H groups in total. The fourth-order valence-electron chi connectivity index (χ4n) is 3.80. The molecule has 0 atom stereocenters. The number of rotatable bonds is 5. The molecular formula is C26H21N3O4. The van der Waals surface area contributed by atoms with E-state index in [2.05, 4.69) is 5.10 Å². The number of amides is 2. The summed E-state index contributed by atoms with van der Waals surface area (Å²) < 4.78 is 12.7. The van der Waals surface area contributed by atoms with Gasteiger partial charge in [0.25, 0.3) is 11.8 Å². The molecule has 1 aromatic heterocycles. The lowest BCUT2D eigenvalue weighted by Crippen LogP contribution is -2.34. The van der Waals surface area contributed by atoms with E-state index >= 15 is 0 Å². The molecule has 2 amide bonds. The van der Waals surface area contributed by atoms with E-state index in [1.54, 1.807) is 42.5 Å². The van der Waals surface area contributed by atoms with Gasteiger partial charge in [-0.25, -0.2) is 0 Å². The summed E-state index contributed by atoms with van der Waals surface area (Å²) in [5, 5.41) is 6.24. The minimum Gasteiger partial charge on any atom is -0.454 e. The van der Waals surface area contributed by atoms with Gasteiger partial charge in [0.2, 0.25) is 6.79 Å². The van der Waals surface area contributed by atoms with Gasteiger partial charge in [0.15, 0.2) is 11.5 Å². The number of para-hydroxylation sites is 1. The molecule has 5 rings (SSSR count). The Morgan fingerprint density at radius 2 is 1.73 bits per heavy atom. The van der Waals surface area contributed by atoms with Crippen LogP contribution in [0.3, 0.4) is 0 Å². The lowest BCUT2D eigenvalue weighted by Gasteiger charge is -2.16. The Morgan fingerprint density at radius 1 is 0.970 bits per heavy atom. The van der Waals surface area contributed by atoms with Gasteiger partial charge in [0.05, 0.1) is 12.6 Å². The standard InChI is InChI=1S/C26H21N3O4/c1-28-21(14-20-9-5-6-10-22(20)28)15-25(30)29(26(31)19-7-3-2-4-8-19)27-16-18-11-12-23-24(13-18)33-17-32-23/h2-14,16H,15,17H2,1H3/b27-16-. The first kappa shape index (κ1) is 20.5. The van der Waals surface area contributed by atoms with Crippen molar-refractivity contribution in [2.24, 2.45) is 12.1 Å². The highest BCUT2D eigenvalue weighted by molar-refractivity contribution is 6.05. The van der Waals surface area contributed by atoms with Crippen LogP contribution in [0.4, 0.5) is 0 Å². The van der Waals surface area contributed by atoms with Crippen LogP contribution in [0.25, 0.3) is 10.9 Å². The molecule has 2 heterocycles. The highest BCUT2D eigenvalue weighted by atomic mass is 16.7. The van der Waals surface area contributed by atoms with Crippen molar-refractivity contribution in [2.45, 2.75) is 6.42 Å². The van der Waals surface area contributed by atoms with Crippen LogP contribution < -0.4 is 9.47 Å². The van der Waals surface area contributed by atoms with Crippen molar-refractivity contribution >= 4 is 28.9 Å². The molecule has 1 aliphatic heterocycles. The number of hydrogen-bond acceptors (Lipinski definition) is 5. The molecule has 0 saturated carbocycles. The van der Waals surface area contributed by atoms with Crippen molar-refractivity contribution in [1.82, 2.24) is 9.58 Å². The Balaban J connectivity index is 1.45. The van der Waals surface area contributed by atoms with E-state index in [1.165, 1.54) is 6.21 Å². The smallest absolute Gasteiger partial charge is 0.281 e. The number of fused-ring (bicyclic) bond motifs is 2. The van der Waals surface area contributed by atoms with E-state index in [4.69, 9.17) is 9.47 Å². The summed E-state index contributed by atoms with van der Waals surface area (Å²) in [6.45, 7) is 0.165. The van der Waals surface area contributed by atoms with Crippen LogP contribution in [0.1, 0.15) is 21.6 Å². The van der Waals surface area contributed by atoms with Gasteiger partial charge >= 0.3 is 0 Å². The first-order valence-electron chi connectivity index (χ1n) is 10.5. The maximum absolute atomic E-state index is 13.3. The zero-order chi connectivity index (χ0) is 22.8. The summed E-state index contributed by atoms with van der Waals surface area (Å²) in [6, 6.07) is 23.8. The Morgan fingerprint density at radius 3 is 2.55 bits per heavy atom. The predicted octanol–water partition coefficient (Wildman–Crippen LogP) is 4.15. The minimum absolute atomic E-state index is 0.0300. The molecular weight excluding hydrogens is 418 g/mol. The number of nitrogens with zero attached hydrogens (tertiary/aromatic N) is 3. The molecule has 0 aliphatic carbocycles. The molecule has 0 fully saturated rings. The molecule has 0 radical (unpaired) electrons. The fraction of sp³-hybridized carbons (Fsp3) is 0.115. The van der Waals surface area contributed by atoms with Crippen LogP contribution in [0.2, 0.25) is 0 Å². The average Bonchev–Trinajstić information content (AvgIpc) is 3.44. The number of imide groups is 1. The van der Waals surface area contributed by atoms with Crippen LogP contribution in [0.15, 0.2) is 84.0 Å². The second-order valence-electron chi connectivity index (χ2n) is 7.66. The van der Waals surface area contributed by atoms with Crippen molar-refractivity contribution in [1.29, 1.82) is 0 Å². The highest BCUT2D eigenvalue weighted by Gasteiger charge is 2.24. The van der Waals surface area contributed by atoms with Gasteiger partial charge in [0.1, 0.15) is 0 Å². The number of aryl methyl sites for hydroxylation is 1. The normalized spacial score (nSPS) is 12.4. The Labute approximate surface area is 190 Å². The molecule has 7 heteroatoms. The summed E-state index contributed by atoms with van der Waals surface area (Å²) >= 11 is 0. The Kier molecular flexibility index (Phi) is 5.36. The summed E-state index contributed by atoms with van der Waals surface area (Å²) in [5.41, 5.74) is 2.88. The minimum atomic E-state index is -0.489. The Bertz CT molecular complexity index is 1380. The molecule has 164 valence electrons. The van der Waals surface area contributed by atoms with Gasteiger partial charge < -0.3 is 14.0 Å². The zero-order valence-corrected chi connectivity index (χ0v) is 18.0. The van der Waals surface area contributed by atoms with Crippen molar-refractivity contribution in [3.63, 3.8) is 0 Å². The third-order valence-electron chi connectivity index (χ3n) is 5.55. The molecule has 3 aromatic carbocycles. The lowest BCUT2D eigenvalue weighted by atomic mass is 10.2. The molecule has 4 aromatic rings. The highest BCUT2D eigenvalue weighted by Crippen LogP contribution is 2.32. The quantitative estimate of drug-likeness (QED) is 0.346. The molecule has 0 saturated heterocycles. The maximum Gasteiger partial charge on any atom is 0.281 e. The molecule has 0 bridgehead atoms. The topological polar surface area (TPSA) is 73.1 Å². The van der Waals surface area contributed by atoms with Crippen LogP contribution in [-0.4, -0.2) is 34.4 Å². The number of carbonyl (C=O) groups is 2. The molecule has 1 aliphatic rings. The van der Waals surface area contributed by atoms with Gasteiger partial charge in [-0.15, -0.1) is 0 Å². The van der Waals surface area contributed by atoms with Crippen LogP contribution >= 0.6 is 0 Å². The zero-order valence-electron chi connectivity index (χ0n) is 18.0. The van der Waals surface area contributed by atoms with Gasteiger partial charge in [-0.3, -0.25) is 9.59 Å². The monoisotopic (exact) mass is 439 g/mol. The predicted molar refractivity (Wildman–Crippen MR) is 124 cm³/mol. The first-order chi connectivity index (χ1) is 16.1. The number of aromatic nitrogens is 1. The maximum atomic E-state index is 13.3. The van der Waals surface area contributed by atoms with Crippen molar-refractivity contribution in [3.05, 3.63) is 95.7 Å². The number of hydrogen-bond donors (Lipinski definition) is 0. The van der Waals surface area contributed by atoms with E-state index in [9.17, 15) is 9.59 Å². The lowest BCUT2D eigenvalue weighted by molar-refractivity contribution is -0.128. The first-order valence-corrected chi connectivity index (χ1v) is 10.5. The number of hydrazone groups is 1. The van der Waals surface area contributed by atoms with E-state index < -0.39 is 11.8 Å². The van der Waals surface area contributed by atoms with E-state index in [0.29, 0.717) is 22.6 Å². The van der Waals surface area contributed by atoms with Crippen LogP contribution in [0, 0.1) is 0 Å². The largest absolute Gasteiger partial charge is 0.454 e. The van der Waals surface area contributed by atoms with E-state index in [0.717, 1.165) is 21.6 Å². The van der Waals surface area contributed by atoms with Crippen molar-refractivity contribution in [3.8, 4) is 11.5 Å². The van der Waals surface area contributed by atoms with Gasteiger partial charge in [-0.2, -0.15) is 10.1 Å². The summed E-state index contributed by atoms with van der Waals surface area (Å²) in [5.74, 6) is 0.334. The summed E-state index contributed by atoms with van der Waals surface area (Å²) in [4.78, 5) is 26.5. The second kappa shape index (κ2) is 8.63. The third kappa shape index (κ3) is 4.08. The fourth-order valence-corrected chi connectivity index (χ4v) is 3.80. The number of carbonyl (C=O) groups excluding carboxylic acids is 2. The average molecular weight is 439 g/mol. The van der Waals surface area contributed by atoms with Gasteiger partial charge in [-0.05, 0) is 53.4 Å². The molecule has 7 nitrogen and oxygen atoms in total. The summed E-state index contributed by atoms with van der Waals surface area (Å²) in [6.07, 6.45) is 1.50. The van der Waals surface area contributed by atoms with Crippen molar-refractivity contribution in [2.75, 3.05) is 6.79 Å². The molecule has 0 unspecified atom stereocenters. The second-order valence-corrected chi connectivity index (χ2v) is 7.66. The van der Waals surface area contributed by atoms with Gasteiger partial charge in [0, 0.05) is 23.8 Å². The van der Waals surface area contributed by atoms with E-state index in [1.807, 2.05) is 48.0 Å². The summed E-state index contributed by atoms with van der Waals surface area (Å²) in [7, 11) is 1.91. The van der Waals surface area contributed by atoms with E-state index in [-0.39, 0.29) is 13.2 Å². The number of ether oxygens (including phenoxy) is 2. The SMILES string of the molecule is Cn1c(CC(=O)N(/N=C\c2ccc3c(c2)OCO3)C(=O)c2ccccc2)cc2ccccc21. The Hall–Kier alpha value is -4.39. The van der Waals surface area contributed by atoms with Gasteiger partial charge in [-0.1, -0.05) is 36.4 Å². The van der Waals surface area contributed by atoms with Crippen LogP contribution in [0.5, 0.6) is 11.5 Å². The van der Waals surface area contributed by atoms with Crippen molar-refractivity contribution < 1.29 is 19.1 Å². The molecule has 0 spiro atoms.